The second-order valence-electron chi connectivity index (χ2n) is 7.20. The number of hydrogen-bond donors (Lipinski definition) is 0. The molecule has 2 aliphatic rings. The minimum Gasteiger partial charge on any atom is -0.347 e. The van der Waals surface area contributed by atoms with Gasteiger partial charge in [0.05, 0.1) is 5.69 Å². The molecule has 0 unspecified atom stereocenters. The molecule has 0 saturated carbocycles. The lowest BCUT2D eigenvalue weighted by atomic mass is 10.1. The monoisotopic (exact) mass is 341 g/mol. The first kappa shape index (κ1) is 16.4. The third-order valence-electron chi connectivity index (χ3n) is 5.50. The maximum absolute atomic E-state index is 12.8. The highest BCUT2D eigenvalue weighted by molar-refractivity contribution is 5.92. The van der Waals surface area contributed by atoms with Crippen LogP contribution in [0.5, 0.6) is 0 Å². The highest BCUT2D eigenvalue weighted by Gasteiger charge is 2.23. The van der Waals surface area contributed by atoms with Gasteiger partial charge in [-0.15, -0.1) is 0 Å². The molecular weight excluding hydrogens is 314 g/mol. The zero-order valence-electron chi connectivity index (χ0n) is 15.0. The summed E-state index contributed by atoms with van der Waals surface area (Å²) in [5, 5.41) is 0. The summed E-state index contributed by atoms with van der Waals surface area (Å²) >= 11 is 0. The number of imidazole rings is 1. The molecule has 6 heteroatoms. The molecule has 134 valence electrons. The molecule has 0 atom stereocenters. The topological polar surface area (TPSA) is 46.3 Å². The number of carbonyl (C=O) groups is 1. The lowest BCUT2D eigenvalue weighted by molar-refractivity contribution is 0.0749. The van der Waals surface area contributed by atoms with Crippen LogP contribution >= 0.6 is 0 Å². The van der Waals surface area contributed by atoms with E-state index in [-0.39, 0.29) is 5.91 Å². The summed E-state index contributed by atoms with van der Waals surface area (Å²) in [5.41, 5.74) is 2.05. The van der Waals surface area contributed by atoms with Gasteiger partial charge in [0.25, 0.3) is 5.91 Å². The fourth-order valence-electron chi connectivity index (χ4n) is 4.02. The lowest BCUT2D eigenvalue weighted by Crippen LogP contribution is -2.35. The Morgan fingerprint density at radius 2 is 1.96 bits per heavy atom. The molecular formula is C19H27N5O. The molecule has 6 nitrogen and oxygen atoms in total. The van der Waals surface area contributed by atoms with Gasteiger partial charge >= 0.3 is 0 Å². The predicted octanol–water partition coefficient (Wildman–Crippen LogP) is 1.91. The van der Waals surface area contributed by atoms with Crippen LogP contribution in [0, 0.1) is 0 Å². The summed E-state index contributed by atoms with van der Waals surface area (Å²) in [4.78, 5) is 21.9. The van der Waals surface area contributed by atoms with Crippen LogP contribution < -0.4 is 0 Å². The van der Waals surface area contributed by atoms with Crippen molar-refractivity contribution in [3.05, 3.63) is 41.7 Å². The smallest absolute Gasteiger partial charge is 0.270 e. The van der Waals surface area contributed by atoms with Crippen LogP contribution in [0.1, 0.15) is 41.3 Å². The highest BCUT2D eigenvalue weighted by Crippen LogP contribution is 2.17. The number of piperidine rings is 1. The van der Waals surface area contributed by atoms with E-state index in [1.54, 1.807) is 0 Å². The first-order chi connectivity index (χ1) is 12.2. The summed E-state index contributed by atoms with van der Waals surface area (Å²) in [7, 11) is 1.92. The van der Waals surface area contributed by atoms with Crippen LogP contribution in [0.4, 0.5) is 0 Å². The van der Waals surface area contributed by atoms with Crippen molar-refractivity contribution in [2.75, 3.05) is 26.2 Å². The SMILES string of the molecule is Cn1cccc1C(=O)N1CCc2ncc(CN3CCCCC3)n2CC1. The van der Waals surface area contributed by atoms with E-state index in [2.05, 4.69) is 14.5 Å². The van der Waals surface area contributed by atoms with Crippen LogP contribution in [0.2, 0.25) is 0 Å². The number of nitrogens with zero attached hydrogens (tertiary/aromatic N) is 5. The van der Waals surface area contributed by atoms with Crippen LogP contribution in [0.15, 0.2) is 24.5 Å². The van der Waals surface area contributed by atoms with E-state index in [9.17, 15) is 4.79 Å². The fraction of sp³-hybridized carbons (Fsp3) is 0.579. The van der Waals surface area contributed by atoms with Crippen molar-refractivity contribution in [1.29, 1.82) is 0 Å². The minimum absolute atomic E-state index is 0.121. The van der Waals surface area contributed by atoms with Gasteiger partial charge in [-0.05, 0) is 38.1 Å². The number of carbonyl (C=O) groups excluding carboxylic acids is 1. The molecule has 1 fully saturated rings. The zero-order valence-corrected chi connectivity index (χ0v) is 15.0. The second kappa shape index (κ2) is 7.04. The van der Waals surface area contributed by atoms with Gasteiger partial charge in [0.1, 0.15) is 11.5 Å². The van der Waals surface area contributed by atoms with E-state index in [0.29, 0.717) is 0 Å². The van der Waals surface area contributed by atoms with Gasteiger partial charge in [0.2, 0.25) is 0 Å². The van der Waals surface area contributed by atoms with Crippen LogP contribution in [0.25, 0.3) is 0 Å². The number of aromatic nitrogens is 3. The zero-order chi connectivity index (χ0) is 17.2. The van der Waals surface area contributed by atoms with Gasteiger partial charge < -0.3 is 14.0 Å². The van der Waals surface area contributed by atoms with Crippen molar-refractivity contribution in [2.24, 2.45) is 7.05 Å². The molecule has 25 heavy (non-hydrogen) atoms. The first-order valence-electron chi connectivity index (χ1n) is 9.38. The van der Waals surface area contributed by atoms with Crippen molar-refractivity contribution in [3.8, 4) is 0 Å². The molecule has 1 amide bonds. The van der Waals surface area contributed by atoms with E-state index < -0.39 is 0 Å². The van der Waals surface area contributed by atoms with E-state index in [1.165, 1.54) is 38.0 Å². The number of rotatable bonds is 3. The Bertz CT molecular complexity index is 741. The van der Waals surface area contributed by atoms with Gasteiger partial charge in [0.15, 0.2) is 0 Å². The number of likely N-dealkylation sites (tertiary alicyclic amines) is 1. The quantitative estimate of drug-likeness (QED) is 0.857. The molecule has 0 spiro atoms. The minimum atomic E-state index is 0.121. The Hall–Kier alpha value is -2.08. The van der Waals surface area contributed by atoms with Crippen molar-refractivity contribution < 1.29 is 4.79 Å². The lowest BCUT2D eigenvalue weighted by Gasteiger charge is -2.26. The van der Waals surface area contributed by atoms with Crippen molar-refractivity contribution in [3.63, 3.8) is 0 Å². The molecule has 0 aliphatic carbocycles. The van der Waals surface area contributed by atoms with Gasteiger partial charge in [-0.2, -0.15) is 0 Å². The van der Waals surface area contributed by atoms with Crippen LogP contribution in [-0.2, 0) is 26.6 Å². The summed E-state index contributed by atoms with van der Waals surface area (Å²) in [6.07, 6.45) is 8.76. The second-order valence-corrected chi connectivity index (χ2v) is 7.20. The molecule has 1 saturated heterocycles. The van der Waals surface area contributed by atoms with Crippen molar-refractivity contribution in [1.82, 2.24) is 23.9 Å². The molecule has 2 aliphatic heterocycles. The van der Waals surface area contributed by atoms with Gasteiger partial charge in [0, 0.05) is 52.0 Å². The Kier molecular flexibility index (Phi) is 4.61. The van der Waals surface area contributed by atoms with Gasteiger partial charge in [-0.25, -0.2) is 4.98 Å². The maximum Gasteiger partial charge on any atom is 0.270 e. The van der Waals surface area contributed by atoms with Crippen LogP contribution in [-0.4, -0.2) is 56.0 Å². The van der Waals surface area contributed by atoms with Gasteiger partial charge in [-0.1, -0.05) is 6.42 Å². The number of fused-ring (bicyclic) bond motifs is 1. The van der Waals surface area contributed by atoms with Gasteiger partial charge in [-0.3, -0.25) is 9.69 Å². The molecule has 2 aromatic rings. The molecule has 2 aromatic heterocycles. The number of hydrogen-bond acceptors (Lipinski definition) is 3. The highest BCUT2D eigenvalue weighted by atomic mass is 16.2. The molecule has 0 N–H and O–H groups in total. The Balaban J connectivity index is 1.45. The van der Waals surface area contributed by atoms with E-state index in [0.717, 1.165) is 44.1 Å². The maximum atomic E-state index is 12.8. The number of aryl methyl sites for hydroxylation is 1. The van der Waals surface area contributed by atoms with Crippen molar-refractivity contribution >= 4 is 5.91 Å². The Labute approximate surface area is 149 Å². The summed E-state index contributed by atoms with van der Waals surface area (Å²) in [5.74, 6) is 1.24. The summed E-state index contributed by atoms with van der Waals surface area (Å²) in [6, 6.07) is 3.82. The largest absolute Gasteiger partial charge is 0.347 e. The van der Waals surface area contributed by atoms with Crippen molar-refractivity contribution in [2.45, 2.75) is 38.8 Å². The molecule has 0 bridgehead atoms. The molecule has 4 rings (SSSR count). The first-order valence-corrected chi connectivity index (χ1v) is 9.38. The standard InChI is InChI=1S/C19H27N5O/c1-21-8-5-6-17(21)19(25)23-11-7-18-20-14-16(24(18)13-12-23)15-22-9-3-2-4-10-22/h5-6,8,14H,2-4,7,9-13,15H2,1H3. The molecule has 0 radical (unpaired) electrons. The Morgan fingerprint density at radius 3 is 2.72 bits per heavy atom. The van der Waals surface area contributed by atoms with E-state index >= 15 is 0 Å². The third-order valence-corrected chi connectivity index (χ3v) is 5.50. The average molecular weight is 341 g/mol. The average Bonchev–Trinajstić information content (AvgIpc) is 3.15. The molecule has 0 aromatic carbocycles. The van der Waals surface area contributed by atoms with E-state index in [4.69, 9.17) is 0 Å². The summed E-state index contributed by atoms with van der Waals surface area (Å²) < 4.78 is 4.24. The number of amides is 1. The fourth-order valence-corrected chi connectivity index (χ4v) is 4.02. The third kappa shape index (κ3) is 3.35. The normalized spacial score (nSPS) is 18.8. The molecule has 4 heterocycles. The van der Waals surface area contributed by atoms with Crippen LogP contribution in [0.3, 0.4) is 0 Å². The predicted molar refractivity (Wildman–Crippen MR) is 96.4 cm³/mol. The van der Waals surface area contributed by atoms with E-state index in [1.807, 2.05) is 41.0 Å². The summed E-state index contributed by atoms with van der Waals surface area (Å²) in [6.45, 7) is 5.70. The Morgan fingerprint density at radius 1 is 1.12 bits per heavy atom.